The Kier molecular flexibility index (Phi) is 9.53. The van der Waals surface area contributed by atoms with Gasteiger partial charge >= 0.3 is 6.03 Å². The number of methoxy groups -OCH3 is 1. The van der Waals surface area contributed by atoms with Gasteiger partial charge in [-0.3, -0.25) is 19.7 Å². The van der Waals surface area contributed by atoms with E-state index in [0.29, 0.717) is 21.5 Å². The van der Waals surface area contributed by atoms with Gasteiger partial charge in [-0.1, -0.05) is 35.3 Å². The summed E-state index contributed by atoms with van der Waals surface area (Å²) in [4.78, 5) is 51.8. The highest BCUT2D eigenvalue weighted by Gasteiger charge is 2.37. The third-order valence-electron chi connectivity index (χ3n) is 5.63. The van der Waals surface area contributed by atoms with E-state index < -0.39 is 23.8 Å². The van der Waals surface area contributed by atoms with Crippen LogP contribution in [-0.2, 0) is 14.4 Å². The highest BCUT2D eigenvalue weighted by atomic mass is 79.9. The molecular formula is C28H22BrCl2N3O7. The predicted octanol–water partition coefficient (Wildman–Crippen LogP) is 5.85. The largest absolute Gasteiger partial charge is 0.495 e. The van der Waals surface area contributed by atoms with Gasteiger partial charge in [0.25, 0.3) is 17.7 Å². The number of barbiturate groups is 1. The van der Waals surface area contributed by atoms with E-state index in [9.17, 15) is 19.2 Å². The maximum absolute atomic E-state index is 13.3. The van der Waals surface area contributed by atoms with Crippen LogP contribution in [0.4, 0.5) is 16.2 Å². The van der Waals surface area contributed by atoms with Gasteiger partial charge in [-0.15, -0.1) is 0 Å². The fourth-order valence-electron chi connectivity index (χ4n) is 3.83. The summed E-state index contributed by atoms with van der Waals surface area (Å²) in [6.45, 7) is 1.67. The molecule has 212 valence electrons. The van der Waals surface area contributed by atoms with Crippen LogP contribution in [0.25, 0.3) is 6.08 Å². The van der Waals surface area contributed by atoms with Crippen LogP contribution in [-0.4, -0.2) is 44.1 Å². The van der Waals surface area contributed by atoms with Gasteiger partial charge in [0.1, 0.15) is 11.3 Å². The van der Waals surface area contributed by atoms with Crippen LogP contribution in [0.2, 0.25) is 10.0 Å². The van der Waals surface area contributed by atoms with E-state index in [4.69, 9.17) is 37.4 Å². The number of rotatable bonds is 9. The first-order valence-corrected chi connectivity index (χ1v) is 13.6. The summed E-state index contributed by atoms with van der Waals surface area (Å²) in [6.07, 6.45) is 1.31. The molecule has 0 radical (unpaired) electrons. The van der Waals surface area contributed by atoms with E-state index in [-0.39, 0.29) is 46.0 Å². The lowest BCUT2D eigenvalue weighted by molar-refractivity contribution is -0.122. The van der Waals surface area contributed by atoms with Gasteiger partial charge in [0.2, 0.25) is 0 Å². The minimum atomic E-state index is -0.929. The Bertz CT molecular complexity index is 1580. The molecule has 3 aromatic carbocycles. The van der Waals surface area contributed by atoms with Crippen LogP contribution in [0.1, 0.15) is 12.5 Å². The summed E-state index contributed by atoms with van der Waals surface area (Å²) in [7, 11) is 1.50. The van der Waals surface area contributed by atoms with Crippen molar-refractivity contribution in [3.63, 3.8) is 0 Å². The standard InChI is InChI=1S/C28H22BrCl2N3O7/c1-3-40-23-12-15(11-18(29)25(23)41-14-24(35)32-21-6-4-5-7-22(21)39-2)10-17-26(36)33-28(38)34(27(17)37)16-8-9-19(30)20(31)13-16/h4-13H,3,14H2,1-2H3,(H,32,35)(H,33,36,38)/b17-10-. The second-order valence-electron chi connectivity index (χ2n) is 8.36. The van der Waals surface area contributed by atoms with Crippen molar-refractivity contribution in [2.45, 2.75) is 6.92 Å². The molecule has 41 heavy (non-hydrogen) atoms. The summed E-state index contributed by atoms with van der Waals surface area (Å²) in [5.41, 5.74) is 0.688. The zero-order valence-corrected chi connectivity index (χ0v) is 24.7. The maximum Gasteiger partial charge on any atom is 0.335 e. The first kappa shape index (κ1) is 29.9. The van der Waals surface area contributed by atoms with Gasteiger partial charge in [-0.25, -0.2) is 9.69 Å². The van der Waals surface area contributed by atoms with Gasteiger partial charge in [-0.05, 0) is 77.0 Å². The number of anilines is 2. The summed E-state index contributed by atoms with van der Waals surface area (Å²) < 4.78 is 17.1. The van der Waals surface area contributed by atoms with Crippen molar-refractivity contribution < 1.29 is 33.4 Å². The zero-order chi connectivity index (χ0) is 29.7. The van der Waals surface area contributed by atoms with Crippen molar-refractivity contribution >= 4 is 80.3 Å². The number of amides is 5. The number of urea groups is 1. The van der Waals surface area contributed by atoms with Crippen molar-refractivity contribution in [2.75, 3.05) is 30.5 Å². The second kappa shape index (κ2) is 13.1. The molecule has 0 saturated carbocycles. The van der Waals surface area contributed by atoms with Gasteiger partial charge in [0.15, 0.2) is 18.1 Å². The average molecular weight is 663 g/mol. The SMILES string of the molecule is CCOc1cc(/C=C2/C(=O)NC(=O)N(c3ccc(Cl)c(Cl)c3)C2=O)cc(Br)c1OCC(=O)Nc1ccccc1OC. The molecule has 3 aromatic rings. The predicted molar refractivity (Wildman–Crippen MR) is 158 cm³/mol. The van der Waals surface area contributed by atoms with Crippen molar-refractivity contribution in [1.29, 1.82) is 0 Å². The molecule has 0 unspecified atom stereocenters. The monoisotopic (exact) mass is 661 g/mol. The van der Waals surface area contributed by atoms with Crippen LogP contribution in [0, 0.1) is 0 Å². The molecule has 0 spiro atoms. The number of nitrogens with one attached hydrogen (secondary N) is 2. The van der Waals surface area contributed by atoms with E-state index in [0.717, 1.165) is 4.90 Å². The molecule has 2 N–H and O–H groups in total. The first-order valence-electron chi connectivity index (χ1n) is 12.0. The minimum Gasteiger partial charge on any atom is -0.495 e. The van der Waals surface area contributed by atoms with Gasteiger partial charge in [0.05, 0.1) is 39.6 Å². The number of hydrogen-bond donors (Lipinski definition) is 2. The van der Waals surface area contributed by atoms with E-state index in [1.165, 1.54) is 37.5 Å². The average Bonchev–Trinajstić information content (AvgIpc) is 2.93. The Balaban J connectivity index is 1.59. The van der Waals surface area contributed by atoms with Crippen molar-refractivity contribution in [2.24, 2.45) is 0 Å². The molecule has 10 nitrogen and oxygen atoms in total. The van der Waals surface area contributed by atoms with E-state index >= 15 is 0 Å². The molecule has 5 amide bonds. The number of carbonyl (C=O) groups is 4. The van der Waals surface area contributed by atoms with Crippen molar-refractivity contribution in [1.82, 2.24) is 5.32 Å². The summed E-state index contributed by atoms with van der Waals surface area (Å²) in [5.74, 6) is -1.20. The smallest absolute Gasteiger partial charge is 0.335 e. The van der Waals surface area contributed by atoms with E-state index in [1.807, 2.05) is 0 Å². The number of ether oxygens (including phenoxy) is 3. The molecule has 1 heterocycles. The highest BCUT2D eigenvalue weighted by Crippen LogP contribution is 2.38. The van der Waals surface area contributed by atoms with Gasteiger partial charge < -0.3 is 19.5 Å². The van der Waals surface area contributed by atoms with Crippen molar-refractivity contribution in [3.8, 4) is 17.2 Å². The summed E-state index contributed by atoms with van der Waals surface area (Å²) in [5, 5.41) is 5.24. The molecular weight excluding hydrogens is 641 g/mol. The van der Waals surface area contributed by atoms with Gasteiger partial charge in [0, 0.05) is 0 Å². The number of halogens is 3. The van der Waals surface area contributed by atoms with Crippen LogP contribution >= 0.6 is 39.1 Å². The first-order chi connectivity index (χ1) is 19.6. The Labute approximate surface area is 253 Å². The number of hydrogen-bond acceptors (Lipinski definition) is 7. The molecule has 0 aliphatic carbocycles. The molecule has 0 aromatic heterocycles. The Morgan fingerprint density at radius 2 is 1.78 bits per heavy atom. The molecule has 1 saturated heterocycles. The van der Waals surface area contributed by atoms with Gasteiger partial charge in [-0.2, -0.15) is 0 Å². The summed E-state index contributed by atoms with van der Waals surface area (Å²) in [6, 6.07) is 13.3. The van der Waals surface area contributed by atoms with E-state index in [1.54, 1.807) is 37.3 Å². The lowest BCUT2D eigenvalue weighted by atomic mass is 10.1. The third kappa shape index (κ3) is 6.82. The Hall–Kier alpha value is -4.06. The van der Waals surface area contributed by atoms with Crippen LogP contribution in [0.15, 0.2) is 64.6 Å². The van der Waals surface area contributed by atoms with Crippen LogP contribution in [0.3, 0.4) is 0 Å². The van der Waals surface area contributed by atoms with E-state index in [2.05, 4.69) is 26.6 Å². The lowest BCUT2D eigenvalue weighted by Crippen LogP contribution is -2.54. The minimum absolute atomic E-state index is 0.129. The third-order valence-corrected chi connectivity index (χ3v) is 6.96. The fraction of sp³-hybridized carbons (Fsp3) is 0.143. The normalized spacial score (nSPS) is 14.1. The summed E-state index contributed by atoms with van der Waals surface area (Å²) >= 11 is 15.4. The molecule has 4 rings (SSSR count). The maximum atomic E-state index is 13.3. The Morgan fingerprint density at radius 3 is 2.49 bits per heavy atom. The molecule has 13 heteroatoms. The number of benzene rings is 3. The second-order valence-corrected chi connectivity index (χ2v) is 10.0. The van der Waals surface area contributed by atoms with Crippen LogP contribution < -0.4 is 29.7 Å². The number of para-hydroxylation sites is 2. The zero-order valence-electron chi connectivity index (χ0n) is 21.6. The molecule has 1 fully saturated rings. The van der Waals surface area contributed by atoms with Crippen molar-refractivity contribution in [3.05, 3.63) is 80.3 Å². The molecule has 0 atom stereocenters. The fourth-order valence-corrected chi connectivity index (χ4v) is 4.70. The number of nitrogens with zero attached hydrogens (tertiary/aromatic N) is 1. The topological polar surface area (TPSA) is 123 Å². The Morgan fingerprint density at radius 1 is 1.02 bits per heavy atom. The lowest BCUT2D eigenvalue weighted by Gasteiger charge is -2.26. The number of carbonyl (C=O) groups excluding carboxylic acids is 4. The quantitative estimate of drug-likeness (QED) is 0.218. The molecule has 1 aliphatic heterocycles. The molecule has 1 aliphatic rings. The number of imide groups is 2. The van der Waals surface area contributed by atoms with Crippen LogP contribution in [0.5, 0.6) is 17.2 Å². The highest BCUT2D eigenvalue weighted by molar-refractivity contribution is 9.10. The molecule has 0 bridgehead atoms.